The molecule has 7 nitrogen and oxygen atoms in total. The van der Waals surface area contributed by atoms with Crippen molar-refractivity contribution in [3.8, 4) is 11.4 Å². The van der Waals surface area contributed by atoms with Crippen LogP contribution in [0.5, 0.6) is 0 Å². The van der Waals surface area contributed by atoms with E-state index in [1.165, 1.54) is 50.7 Å². The van der Waals surface area contributed by atoms with E-state index in [-0.39, 0.29) is 42.0 Å². The molecule has 1 heterocycles. The normalized spacial score (nSPS) is 24.5. The minimum atomic E-state index is -1.13. The quantitative estimate of drug-likeness (QED) is 0.230. The van der Waals surface area contributed by atoms with Crippen molar-refractivity contribution in [2.45, 2.75) is 58.3 Å². The van der Waals surface area contributed by atoms with Crippen LogP contribution in [0.1, 0.15) is 77.0 Å². The lowest BCUT2D eigenvalue weighted by Crippen LogP contribution is -2.46. The lowest BCUT2D eigenvalue weighted by Gasteiger charge is -2.57. The maximum atomic E-state index is 13.5. The second-order valence-corrected chi connectivity index (χ2v) is 11.7. The number of hydrogen-bond donors (Lipinski definition) is 4. The molecular weight excluding hydrogens is 535 g/mol. The third-order valence-electron chi connectivity index (χ3n) is 9.01. The molecular formula is C30H36Cl2N4O3. The van der Waals surface area contributed by atoms with E-state index in [1.54, 1.807) is 6.07 Å². The number of aromatic carboxylic acids is 1. The summed E-state index contributed by atoms with van der Waals surface area (Å²) >= 11 is 0. The van der Waals surface area contributed by atoms with Crippen molar-refractivity contribution in [1.82, 2.24) is 9.97 Å². The number of aryl methyl sites for hydroxylation is 2. The number of carbonyl (C=O) groups excluding carboxylic acids is 1. The maximum absolute atomic E-state index is 13.5. The molecule has 208 valence electrons. The van der Waals surface area contributed by atoms with Crippen LogP contribution in [0, 0.1) is 30.1 Å². The summed E-state index contributed by atoms with van der Waals surface area (Å²) in [6, 6.07) is 12.5. The molecule has 4 aliphatic carbocycles. The first kappa shape index (κ1) is 29.0. The lowest BCUT2D eigenvalue weighted by atomic mass is 9.48. The number of benzene rings is 2. The smallest absolute Gasteiger partial charge is 0.337 e. The van der Waals surface area contributed by atoms with E-state index in [1.807, 2.05) is 31.2 Å². The van der Waals surface area contributed by atoms with Gasteiger partial charge in [-0.1, -0.05) is 24.3 Å². The number of aromatic nitrogens is 2. The number of hydrogen-bond acceptors (Lipinski definition) is 4. The van der Waals surface area contributed by atoms with Crippen LogP contribution in [0.3, 0.4) is 0 Å². The minimum Gasteiger partial charge on any atom is -0.478 e. The van der Waals surface area contributed by atoms with Gasteiger partial charge in [0.2, 0.25) is 0 Å². The van der Waals surface area contributed by atoms with E-state index in [2.05, 4.69) is 10.3 Å². The van der Waals surface area contributed by atoms with E-state index in [9.17, 15) is 14.7 Å². The maximum Gasteiger partial charge on any atom is 0.337 e. The molecule has 39 heavy (non-hydrogen) atoms. The number of nitrogens with two attached hydrogens (primary N) is 1. The van der Waals surface area contributed by atoms with Gasteiger partial charge in [0.05, 0.1) is 5.56 Å². The molecule has 5 N–H and O–H groups in total. The third kappa shape index (κ3) is 5.66. The Morgan fingerprint density at radius 1 is 1.05 bits per heavy atom. The molecule has 0 aliphatic heterocycles. The van der Waals surface area contributed by atoms with Crippen molar-refractivity contribution < 1.29 is 14.7 Å². The average Bonchev–Trinajstić information content (AvgIpc) is 3.28. The fourth-order valence-electron chi connectivity index (χ4n) is 7.74. The summed E-state index contributed by atoms with van der Waals surface area (Å²) in [5.74, 6) is 1.85. The Bertz CT molecular complexity index is 1350. The van der Waals surface area contributed by atoms with Crippen LogP contribution in [-0.2, 0) is 6.42 Å². The van der Waals surface area contributed by atoms with Gasteiger partial charge < -0.3 is 21.1 Å². The number of halogens is 2. The number of rotatable bonds is 7. The van der Waals surface area contributed by atoms with Gasteiger partial charge in [0.25, 0.3) is 5.91 Å². The fourth-order valence-corrected chi connectivity index (χ4v) is 7.74. The molecule has 7 rings (SSSR count). The number of anilines is 2. The number of nitrogens with zero attached hydrogens (tertiary/aromatic N) is 1. The SMILES string of the molecule is Cc1ccccc1-c1nc(C(=O)Nc2ccc(N)c(C(=O)O)c2)c(CCC23CC4CC(CC(C4)C2)C3)[nH]1.Cl.Cl. The van der Waals surface area contributed by atoms with Gasteiger partial charge in [0.1, 0.15) is 11.5 Å². The first-order valence-corrected chi connectivity index (χ1v) is 13.4. The van der Waals surface area contributed by atoms with Gasteiger partial charge in [0, 0.05) is 22.6 Å². The fraction of sp³-hybridized carbons (Fsp3) is 0.433. The molecule has 0 radical (unpaired) electrons. The first-order chi connectivity index (χ1) is 17.8. The molecule has 0 spiro atoms. The zero-order valence-electron chi connectivity index (χ0n) is 22.0. The number of carboxylic acids is 1. The number of amides is 1. The van der Waals surface area contributed by atoms with Gasteiger partial charge >= 0.3 is 5.97 Å². The molecule has 2 aromatic carbocycles. The van der Waals surface area contributed by atoms with Gasteiger partial charge in [-0.05, 0) is 105 Å². The molecule has 0 saturated heterocycles. The van der Waals surface area contributed by atoms with Gasteiger partial charge in [-0.25, -0.2) is 9.78 Å². The number of aromatic amines is 1. The summed E-state index contributed by atoms with van der Waals surface area (Å²) in [6.45, 7) is 2.04. The number of nitrogens with one attached hydrogen (secondary N) is 2. The van der Waals surface area contributed by atoms with Crippen molar-refractivity contribution in [2.75, 3.05) is 11.1 Å². The first-order valence-electron chi connectivity index (χ1n) is 13.4. The largest absolute Gasteiger partial charge is 0.478 e. The zero-order chi connectivity index (χ0) is 25.7. The zero-order valence-corrected chi connectivity index (χ0v) is 23.7. The molecule has 1 amide bonds. The Morgan fingerprint density at radius 3 is 2.31 bits per heavy atom. The van der Waals surface area contributed by atoms with E-state index in [0.29, 0.717) is 22.6 Å². The molecule has 4 bridgehead atoms. The molecule has 0 unspecified atom stereocenters. The Labute approximate surface area is 241 Å². The van der Waals surface area contributed by atoms with E-state index in [4.69, 9.17) is 10.7 Å². The molecule has 0 atom stereocenters. The summed E-state index contributed by atoms with van der Waals surface area (Å²) < 4.78 is 0. The van der Waals surface area contributed by atoms with Crippen molar-refractivity contribution in [2.24, 2.45) is 23.2 Å². The van der Waals surface area contributed by atoms with Crippen LogP contribution in [0.2, 0.25) is 0 Å². The molecule has 1 aromatic heterocycles. The Balaban J connectivity index is 0.00000176. The standard InChI is InChI=1S/C30H34N4O3.2ClH/c1-17-4-2-3-5-22(17)27-33-25(8-9-30-14-18-10-19(15-30)12-20(11-18)16-30)26(34-27)28(35)32-21-6-7-24(31)23(13-21)29(36)37;;/h2-7,13,18-20H,8-12,14-16,31H2,1H3,(H,32,35)(H,33,34)(H,36,37);2*1H. The number of carboxylic acid groups (broad SMARTS) is 1. The highest BCUT2D eigenvalue weighted by atomic mass is 35.5. The van der Waals surface area contributed by atoms with Crippen molar-refractivity contribution in [1.29, 1.82) is 0 Å². The van der Waals surface area contributed by atoms with Crippen molar-refractivity contribution in [3.63, 3.8) is 0 Å². The number of nitrogen functional groups attached to an aromatic ring is 1. The number of imidazole rings is 1. The van der Waals surface area contributed by atoms with Crippen LogP contribution in [0.4, 0.5) is 11.4 Å². The summed E-state index contributed by atoms with van der Waals surface area (Å²) in [6.07, 6.45) is 10.0. The summed E-state index contributed by atoms with van der Waals surface area (Å²) in [5.41, 5.74) is 9.95. The van der Waals surface area contributed by atoms with Crippen LogP contribution in [-0.4, -0.2) is 27.0 Å². The van der Waals surface area contributed by atoms with Gasteiger partial charge in [0.15, 0.2) is 0 Å². The Hall–Kier alpha value is -3.03. The summed E-state index contributed by atoms with van der Waals surface area (Å²) in [7, 11) is 0. The van der Waals surface area contributed by atoms with Crippen LogP contribution >= 0.6 is 24.8 Å². The van der Waals surface area contributed by atoms with Crippen LogP contribution in [0.15, 0.2) is 42.5 Å². The van der Waals surface area contributed by atoms with Crippen molar-refractivity contribution >= 4 is 48.1 Å². The highest BCUT2D eigenvalue weighted by Crippen LogP contribution is 2.61. The average molecular weight is 572 g/mol. The lowest BCUT2D eigenvalue weighted by molar-refractivity contribution is -0.0570. The third-order valence-corrected chi connectivity index (χ3v) is 9.01. The summed E-state index contributed by atoms with van der Waals surface area (Å²) in [5, 5.41) is 12.3. The van der Waals surface area contributed by atoms with Gasteiger partial charge in [-0.15, -0.1) is 24.8 Å². The number of carbonyl (C=O) groups is 2. The van der Waals surface area contributed by atoms with Crippen LogP contribution in [0.25, 0.3) is 11.4 Å². The van der Waals surface area contributed by atoms with Crippen molar-refractivity contribution in [3.05, 3.63) is 65.0 Å². The van der Waals surface area contributed by atoms with E-state index < -0.39 is 5.97 Å². The monoisotopic (exact) mass is 570 g/mol. The highest BCUT2D eigenvalue weighted by Gasteiger charge is 2.50. The highest BCUT2D eigenvalue weighted by molar-refractivity contribution is 6.05. The Morgan fingerprint density at radius 2 is 1.69 bits per heavy atom. The van der Waals surface area contributed by atoms with Crippen LogP contribution < -0.4 is 11.1 Å². The Kier molecular flexibility index (Phi) is 8.33. The number of H-pyrrole nitrogens is 1. The predicted molar refractivity (Wildman–Crippen MR) is 158 cm³/mol. The molecule has 4 fully saturated rings. The molecule has 4 aliphatic rings. The van der Waals surface area contributed by atoms with E-state index >= 15 is 0 Å². The van der Waals surface area contributed by atoms with Gasteiger partial charge in [-0.2, -0.15) is 0 Å². The molecule has 9 heteroatoms. The molecule has 3 aromatic rings. The predicted octanol–water partition coefficient (Wildman–Crippen LogP) is 6.91. The topological polar surface area (TPSA) is 121 Å². The van der Waals surface area contributed by atoms with Gasteiger partial charge in [-0.3, -0.25) is 4.79 Å². The minimum absolute atomic E-state index is 0. The van der Waals surface area contributed by atoms with E-state index in [0.717, 1.165) is 47.4 Å². The molecule has 4 saturated carbocycles. The second kappa shape index (κ2) is 11.2. The second-order valence-electron chi connectivity index (χ2n) is 11.7. The summed E-state index contributed by atoms with van der Waals surface area (Å²) in [4.78, 5) is 33.3.